The molecule has 0 saturated heterocycles. The van der Waals surface area contributed by atoms with Gasteiger partial charge in [-0.3, -0.25) is 0 Å². The van der Waals surface area contributed by atoms with Gasteiger partial charge in [-0.15, -0.1) is 21.2 Å². The molecule has 0 radical (unpaired) electrons. The van der Waals surface area contributed by atoms with Gasteiger partial charge >= 0.3 is 6.29 Å². The SMILES string of the molecule is CCC(C)[C@H](O)[C@H](N)c1ccc2c(c1)OC(F)(F)O2.Cl. The number of aliphatic hydroxyl groups excluding tert-OH is 1. The summed E-state index contributed by atoms with van der Waals surface area (Å²) < 4.78 is 34.4. The minimum atomic E-state index is -3.64. The van der Waals surface area contributed by atoms with E-state index in [1.54, 1.807) is 6.07 Å². The predicted octanol–water partition coefficient (Wildman–Crippen LogP) is 2.84. The van der Waals surface area contributed by atoms with Gasteiger partial charge in [0, 0.05) is 0 Å². The maximum absolute atomic E-state index is 12.9. The summed E-state index contributed by atoms with van der Waals surface area (Å²) in [5.41, 5.74) is 6.48. The normalized spacial score (nSPS) is 19.9. The lowest BCUT2D eigenvalue weighted by Crippen LogP contribution is -2.31. The summed E-state index contributed by atoms with van der Waals surface area (Å²) in [5, 5.41) is 10.0. The molecule has 7 heteroatoms. The fourth-order valence-corrected chi connectivity index (χ4v) is 1.97. The van der Waals surface area contributed by atoms with E-state index in [4.69, 9.17) is 5.73 Å². The van der Waals surface area contributed by atoms with E-state index in [0.717, 1.165) is 6.42 Å². The maximum atomic E-state index is 12.9. The van der Waals surface area contributed by atoms with Crippen molar-refractivity contribution in [2.24, 2.45) is 11.7 Å². The van der Waals surface area contributed by atoms with Crippen LogP contribution in [0.25, 0.3) is 0 Å². The van der Waals surface area contributed by atoms with Gasteiger partial charge in [-0.25, -0.2) is 0 Å². The molecule has 0 amide bonds. The largest absolute Gasteiger partial charge is 0.586 e. The van der Waals surface area contributed by atoms with Crippen LogP contribution in [0.3, 0.4) is 0 Å². The Morgan fingerprint density at radius 3 is 2.50 bits per heavy atom. The molecular formula is C13H18ClF2NO3. The second-order valence-electron chi connectivity index (χ2n) is 4.78. The third kappa shape index (κ3) is 3.31. The zero-order chi connectivity index (χ0) is 14.2. The number of halogens is 3. The minimum Gasteiger partial charge on any atom is -0.395 e. The first-order chi connectivity index (χ1) is 8.84. The average molecular weight is 310 g/mol. The van der Waals surface area contributed by atoms with Crippen molar-refractivity contribution < 1.29 is 23.4 Å². The molecule has 1 aromatic rings. The van der Waals surface area contributed by atoms with E-state index >= 15 is 0 Å². The van der Waals surface area contributed by atoms with Crippen LogP contribution in [0.4, 0.5) is 8.78 Å². The number of rotatable bonds is 4. The second kappa shape index (κ2) is 6.11. The van der Waals surface area contributed by atoms with Crippen molar-refractivity contribution in [2.75, 3.05) is 0 Å². The van der Waals surface area contributed by atoms with E-state index in [1.807, 2.05) is 13.8 Å². The molecule has 1 aliphatic heterocycles. The van der Waals surface area contributed by atoms with Crippen molar-refractivity contribution in [3.8, 4) is 11.5 Å². The van der Waals surface area contributed by atoms with E-state index in [0.29, 0.717) is 5.56 Å². The number of hydrogen-bond donors (Lipinski definition) is 2. The summed E-state index contributed by atoms with van der Waals surface area (Å²) in [4.78, 5) is 0. The van der Waals surface area contributed by atoms with E-state index in [-0.39, 0.29) is 29.8 Å². The van der Waals surface area contributed by atoms with Crippen molar-refractivity contribution >= 4 is 12.4 Å². The topological polar surface area (TPSA) is 64.7 Å². The Morgan fingerprint density at radius 1 is 1.30 bits per heavy atom. The fourth-order valence-electron chi connectivity index (χ4n) is 1.97. The van der Waals surface area contributed by atoms with Crippen molar-refractivity contribution in [1.82, 2.24) is 0 Å². The molecule has 0 saturated carbocycles. The Morgan fingerprint density at radius 2 is 1.90 bits per heavy atom. The van der Waals surface area contributed by atoms with Crippen LogP contribution in [-0.4, -0.2) is 17.5 Å². The molecule has 1 aromatic carbocycles. The van der Waals surface area contributed by atoms with Gasteiger partial charge in [0.25, 0.3) is 0 Å². The molecule has 1 heterocycles. The van der Waals surface area contributed by atoms with Crippen LogP contribution < -0.4 is 15.2 Å². The number of ether oxygens (including phenoxy) is 2. The van der Waals surface area contributed by atoms with E-state index < -0.39 is 18.4 Å². The summed E-state index contributed by atoms with van der Waals surface area (Å²) in [6, 6.07) is 3.65. The lowest BCUT2D eigenvalue weighted by Gasteiger charge is -2.24. The molecule has 0 fully saturated rings. The minimum absolute atomic E-state index is 0. The van der Waals surface area contributed by atoms with Gasteiger partial charge in [0.1, 0.15) is 0 Å². The number of aliphatic hydroxyl groups is 1. The summed E-state index contributed by atoms with van der Waals surface area (Å²) in [6.45, 7) is 3.83. The summed E-state index contributed by atoms with van der Waals surface area (Å²) in [6.07, 6.45) is -3.61. The molecule has 4 nitrogen and oxygen atoms in total. The highest BCUT2D eigenvalue weighted by Crippen LogP contribution is 2.42. The van der Waals surface area contributed by atoms with E-state index in [2.05, 4.69) is 9.47 Å². The second-order valence-corrected chi connectivity index (χ2v) is 4.78. The number of benzene rings is 1. The van der Waals surface area contributed by atoms with Crippen LogP contribution in [-0.2, 0) is 0 Å². The van der Waals surface area contributed by atoms with Crippen LogP contribution in [0, 0.1) is 5.92 Å². The van der Waals surface area contributed by atoms with Crippen LogP contribution in [0.1, 0.15) is 31.9 Å². The van der Waals surface area contributed by atoms with Gasteiger partial charge in [0.05, 0.1) is 12.1 Å². The first-order valence-corrected chi connectivity index (χ1v) is 6.17. The van der Waals surface area contributed by atoms with Crippen LogP contribution in [0.5, 0.6) is 11.5 Å². The van der Waals surface area contributed by atoms with Gasteiger partial charge < -0.3 is 20.3 Å². The molecule has 0 aromatic heterocycles. The molecule has 114 valence electrons. The van der Waals surface area contributed by atoms with Gasteiger partial charge in [-0.2, -0.15) is 0 Å². The number of nitrogens with two attached hydrogens (primary N) is 1. The summed E-state index contributed by atoms with van der Waals surface area (Å²) >= 11 is 0. The first kappa shape index (κ1) is 16.9. The van der Waals surface area contributed by atoms with E-state index in [1.165, 1.54) is 12.1 Å². The Hall–Kier alpha value is -1.11. The van der Waals surface area contributed by atoms with Crippen molar-refractivity contribution in [2.45, 2.75) is 38.7 Å². The molecule has 0 aliphatic carbocycles. The Bertz CT molecular complexity index is 473. The number of fused-ring (bicyclic) bond motifs is 1. The van der Waals surface area contributed by atoms with Crippen LogP contribution in [0.15, 0.2) is 18.2 Å². The molecule has 0 spiro atoms. The zero-order valence-corrected chi connectivity index (χ0v) is 12.0. The molecule has 3 N–H and O–H groups in total. The van der Waals surface area contributed by atoms with Crippen LogP contribution >= 0.6 is 12.4 Å². The van der Waals surface area contributed by atoms with E-state index in [9.17, 15) is 13.9 Å². The molecule has 0 bridgehead atoms. The number of hydrogen-bond acceptors (Lipinski definition) is 4. The Labute approximate surface area is 122 Å². The zero-order valence-electron chi connectivity index (χ0n) is 11.2. The lowest BCUT2D eigenvalue weighted by atomic mass is 9.91. The smallest absolute Gasteiger partial charge is 0.395 e. The van der Waals surface area contributed by atoms with Gasteiger partial charge in [-0.05, 0) is 23.6 Å². The third-order valence-electron chi connectivity index (χ3n) is 3.41. The van der Waals surface area contributed by atoms with Gasteiger partial charge in [0.2, 0.25) is 0 Å². The Kier molecular flexibility index (Phi) is 5.18. The summed E-state index contributed by atoms with van der Waals surface area (Å²) in [5.74, 6) is -0.0739. The fraction of sp³-hybridized carbons (Fsp3) is 0.538. The van der Waals surface area contributed by atoms with Gasteiger partial charge in [0.15, 0.2) is 11.5 Å². The Balaban J connectivity index is 0.00000200. The average Bonchev–Trinajstić information content (AvgIpc) is 2.68. The third-order valence-corrected chi connectivity index (χ3v) is 3.41. The monoisotopic (exact) mass is 309 g/mol. The highest BCUT2D eigenvalue weighted by Gasteiger charge is 2.43. The number of alkyl halides is 2. The lowest BCUT2D eigenvalue weighted by molar-refractivity contribution is -0.286. The van der Waals surface area contributed by atoms with Crippen molar-refractivity contribution in [3.63, 3.8) is 0 Å². The molecule has 20 heavy (non-hydrogen) atoms. The molecule has 1 aliphatic rings. The van der Waals surface area contributed by atoms with Crippen LogP contribution in [0.2, 0.25) is 0 Å². The summed E-state index contributed by atoms with van der Waals surface area (Å²) in [7, 11) is 0. The maximum Gasteiger partial charge on any atom is 0.586 e. The molecule has 2 rings (SSSR count). The van der Waals surface area contributed by atoms with Gasteiger partial charge in [-0.1, -0.05) is 26.3 Å². The first-order valence-electron chi connectivity index (χ1n) is 6.17. The molecular weight excluding hydrogens is 292 g/mol. The quantitative estimate of drug-likeness (QED) is 0.897. The predicted molar refractivity (Wildman–Crippen MR) is 72.3 cm³/mol. The van der Waals surface area contributed by atoms with Crippen molar-refractivity contribution in [1.29, 1.82) is 0 Å². The molecule has 1 unspecified atom stereocenters. The highest BCUT2D eigenvalue weighted by molar-refractivity contribution is 5.85. The molecule has 3 atom stereocenters. The standard InChI is InChI=1S/C13H17F2NO3.ClH/c1-3-7(2)12(17)11(16)8-4-5-9-10(6-8)19-13(14,15)18-9;/h4-7,11-12,17H,3,16H2,1-2H3;1H/t7?,11-,12+;/m1./s1. The van der Waals surface area contributed by atoms with Crippen molar-refractivity contribution in [3.05, 3.63) is 23.8 Å². The highest BCUT2D eigenvalue weighted by atomic mass is 35.5.